The maximum Gasteiger partial charge on any atom is 0.490 e. The minimum Gasteiger partial charge on any atom is -0.390 e. The summed E-state index contributed by atoms with van der Waals surface area (Å²) in [7, 11) is -15.2. The summed E-state index contributed by atoms with van der Waals surface area (Å²) in [5, 5.41) is 15.9. The van der Waals surface area contributed by atoms with Crippen molar-refractivity contribution in [1.82, 2.24) is 24.3 Å². The Bertz CT molecular complexity index is 3550. The highest BCUT2D eigenvalue weighted by atomic mass is 31.3. The number of phosphoric acid groups is 3. The number of carbonyl (C=O) groups excluding carboxylic acids is 2. The Kier molecular flexibility index (Phi) is 16.4. The average Bonchev–Trinajstić information content (AvgIpc) is 3.58. The summed E-state index contributed by atoms with van der Waals surface area (Å²) < 4.78 is 55.9. The Labute approximate surface area is 457 Å². The van der Waals surface area contributed by atoms with E-state index >= 15 is 0 Å². The lowest BCUT2D eigenvalue weighted by Gasteiger charge is -2.48. The fourth-order valence-corrected chi connectivity index (χ4v) is 15.6. The van der Waals surface area contributed by atoms with Crippen LogP contribution in [-0.4, -0.2) is 115 Å². The first-order valence-electron chi connectivity index (χ1n) is 26.5. The number of nitrogen functional groups attached to an aromatic ring is 1. The molecule has 4 aromatic rings. The lowest BCUT2D eigenvalue weighted by Crippen LogP contribution is -2.50. The number of aliphatic hydroxyl groups is 1. The Morgan fingerprint density at radius 1 is 1.01 bits per heavy atom. The van der Waals surface area contributed by atoms with E-state index in [1.165, 1.54) is 55.8 Å². The second-order valence-electron chi connectivity index (χ2n) is 22.1. The van der Waals surface area contributed by atoms with Crippen molar-refractivity contribution in [3.63, 3.8) is 0 Å². The molecule has 5 heterocycles. The van der Waals surface area contributed by atoms with E-state index in [-0.39, 0.29) is 53.5 Å². The zero-order valence-corrected chi connectivity index (χ0v) is 48.0. The van der Waals surface area contributed by atoms with Gasteiger partial charge in [0, 0.05) is 85.3 Å². The number of benzene rings is 3. The average molecular weight is 1150 g/mol. The quantitative estimate of drug-likeness (QED) is 0.0469. The molecule has 6 atom stereocenters. The zero-order chi connectivity index (χ0) is 57.1. The highest BCUT2D eigenvalue weighted by molar-refractivity contribution is 7.66. The smallest absolute Gasteiger partial charge is 0.390 e. The summed E-state index contributed by atoms with van der Waals surface area (Å²) in [6.45, 7) is 16.3. The van der Waals surface area contributed by atoms with Crippen LogP contribution in [0.4, 0.5) is 11.5 Å². The van der Waals surface area contributed by atoms with Crippen LogP contribution in [-0.2, 0) is 54.6 Å². The highest BCUT2D eigenvalue weighted by Crippen LogP contribution is 2.66. The molecule has 5 unspecified atom stereocenters. The molecule has 25 heteroatoms. The van der Waals surface area contributed by atoms with Crippen LogP contribution in [0, 0.1) is 11.8 Å². The molecule has 1 aliphatic carbocycles. The molecule has 1 fully saturated rings. The standard InChI is InChI=1S/C54H68N7O15P3/c1-8-61-42-27-41-39(26-38(42)32(2)29-53(61,3)4)47(40-25-33-16-12-23-59-24-13-19-37(49(33)59)48(40)54(41,5)6)35-17-9-10-18-36(35)51(64)58(7)22-14-20-45(63)56-21-11-15-34-30-60(52(65)57-50(34)55)46-28-43(62)44(74-46)31-73-78(69,70)76-79(71,72)75-77(66,67)68/h9-10,17-18,25-27,30,32,43-44,46,62H,8,12-14,16,19-24,28-29,31H2,1-7H3,(H6-,55,56,57,63,65,66,67,68,69,70,71,72)/p+1/t32?,43-,44?,46?/m0/s1. The van der Waals surface area contributed by atoms with Crippen LogP contribution in [0.1, 0.15) is 147 Å². The molecular formula is C54H69N7O15P3+. The van der Waals surface area contributed by atoms with E-state index in [9.17, 15) is 43.0 Å². The molecule has 0 radical (unpaired) electrons. The number of anilines is 2. The van der Waals surface area contributed by atoms with Crippen molar-refractivity contribution in [3.8, 4) is 11.8 Å². The van der Waals surface area contributed by atoms with E-state index in [4.69, 9.17) is 20.3 Å². The number of phosphoric ester groups is 1. The Morgan fingerprint density at radius 3 is 2.46 bits per heavy atom. The first kappa shape index (κ1) is 58.3. The number of carbonyl (C=O) groups is 2. The van der Waals surface area contributed by atoms with Gasteiger partial charge in [-0.15, -0.1) is 0 Å². The number of fused-ring (bicyclic) bond motifs is 4. The monoisotopic (exact) mass is 1150 g/mol. The summed E-state index contributed by atoms with van der Waals surface area (Å²) in [5.74, 6) is 5.15. The molecule has 4 aliphatic heterocycles. The van der Waals surface area contributed by atoms with E-state index < -0.39 is 54.2 Å². The summed E-state index contributed by atoms with van der Waals surface area (Å²) in [4.78, 5) is 85.4. The molecular weight excluding hydrogens is 1080 g/mol. The molecule has 0 saturated carbocycles. The molecule has 424 valence electrons. The van der Waals surface area contributed by atoms with Crippen molar-refractivity contribution in [2.24, 2.45) is 0 Å². The Morgan fingerprint density at radius 2 is 1.73 bits per heavy atom. The third-order valence-corrected chi connectivity index (χ3v) is 19.6. The van der Waals surface area contributed by atoms with Crippen LogP contribution >= 0.6 is 23.5 Å². The zero-order valence-electron chi connectivity index (χ0n) is 45.3. The van der Waals surface area contributed by atoms with Gasteiger partial charge in [-0.3, -0.25) is 18.7 Å². The van der Waals surface area contributed by atoms with Crippen molar-refractivity contribution in [1.29, 1.82) is 0 Å². The number of aliphatic hydroxyl groups excluding tert-OH is 1. The molecule has 2 amide bonds. The first-order valence-corrected chi connectivity index (χ1v) is 31.0. The van der Waals surface area contributed by atoms with Gasteiger partial charge in [0.1, 0.15) is 31.2 Å². The third kappa shape index (κ3) is 12.0. The predicted octanol–water partition coefficient (Wildman–Crippen LogP) is 4.22. The van der Waals surface area contributed by atoms with Crippen molar-refractivity contribution >= 4 is 52.4 Å². The number of rotatable bonds is 16. The van der Waals surface area contributed by atoms with Crippen molar-refractivity contribution in [3.05, 3.63) is 120 Å². The summed E-state index contributed by atoms with van der Waals surface area (Å²) in [6.07, 6.45) is 2.56. The number of aromatic nitrogens is 2. The topological polar surface area (TPSA) is 306 Å². The van der Waals surface area contributed by atoms with Gasteiger partial charge in [-0.05, 0) is 115 Å². The van der Waals surface area contributed by atoms with E-state index in [1.54, 1.807) is 11.9 Å². The minimum absolute atomic E-state index is 0.0120. The van der Waals surface area contributed by atoms with Crippen molar-refractivity contribution in [2.75, 3.05) is 57.0 Å². The Hall–Kier alpha value is -5.36. The molecule has 0 bridgehead atoms. The normalized spacial score (nSPS) is 22.3. The molecule has 5 aliphatic rings. The molecule has 8 N–H and O–H groups in total. The maximum atomic E-state index is 14.8. The molecule has 79 heavy (non-hydrogen) atoms. The molecule has 1 aromatic heterocycles. The first-order chi connectivity index (χ1) is 37.1. The largest absolute Gasteiger partial charge is 0.490 e. The number of hydrogen-bond acceptors (Lipinski definition) is 14. The summed E-state index contributed by atoms with van der Waals surface area (Å²) in [5.41, 5.74) is 16.6. The van der Waals surface area contributed by atoms with Crippen LogP contribution in [0.2, 0.25) is 0 Å². The van der Waals surface area contributed by atoms with Gasteiger partial charge in [0.25, 0.3) is 5.91 Å². The number of aryl methyl sites for hydroxylation is 1. The number of amides is 2. The number of nitrogens with one attached hydrogen (secondary N) is 1. The molecule has 22 nitrogen and oxygen atoms in total. The summed E-state index contributed by atoms with van der Waals surface area (Å²) in [6, 6.07) is 15.3. The van der Waals surface area contributed by atoms with Gasteiger partial charge in [-0.25, -0.2) is 23.1 Å². The molecule has 3 aromatic carbocycles. The van der Waals surface area contributed by atoms with E-state index in [1.807, 2.05) is 18.2 Å². The molecule has 0 spiro atoms. The van der Waals surface area contributed by atoms with Gasteiger partial charge in [-0.1, -0.05) is 50.8 Å². The second-order valence-corrected chi connectivity index (χ2v) is 26.5. The highest BCUT2D eigenvalue weighted by Gasteiger charge is 2.45. The summed E-state index contributed by atoms with van der Waals surface area (Å²) >= 11 is 0. The maximum absolute atomic E-state index is 14.8. The van der Waals surface area contributed by atoms with Gasteiger partial charge >= 0.3 is 29.2 Å². The van der Waals surface area contributed by atoms with Crippen LogP contribution in [0.5, 0.6) is 0 Å². The fourth-order valence-electron chi connectivity index (χ4n) is 12.5. The molecule has 9 rings (SSSR count). The number of nitrogens with zero attached hydrogens (tertiary/aromatic N) is 5. The van der Waals surface area contributed by atoms with E-state index in [0.29, 0.717) is 24.4 Å². The van der Waals surface area contributed by atoms with Crippen LogP contribution in [0.25, 0.3) is 5.57 Å². The lowest BCUT2D eigenvalue weighted by molar-refractivity contribution is -0.121. The van der Waals surface area contributed by atoms with E-state index in [0.717, 1.165) is 67.4 Å². The lowest BCUT2D eigenvalue weighted by atomic mass is 9.64. The van der Waals surface area contributed by atoms with Gasteiger partial charge in [0.05, 0.1) is 24.8 Å². The predicted molar refractivity (Wildman–Crippen MR) is 293 cm³/mol. The van der Waals surface area contributed by atoms with Gasteiger partial charge < -0.3 is 50.3 Å². The van der Waals surface area contributed by atoms with Gasteiger partial charge in [0.15, 0.2) is 0 Å². The van der Waals surface area contributed by atoms with Crippen LogP contribution in [0.3, 0.4) is 0 Å². The van der Waals surface area contributed by atoms with E-state index in [2.05, 4.69) is 111 Å². The van der Waals surface area contributed by atoms with Crippen molar-refractivity contribution in [2.45, 2.75) is 128 Å². The SMILES string of the molecule is CCN1c2cc3c(cc2C(C)CC1(C)C)C(c1ccccc1C(=O)N(C)CCCC(=O)NCC#Cc1cn(C2C[C@H](O)C(COP(=O)(O)OP(=O)(O)OP(=O)(O)O)O2)c(=O)nc1N)=c1cc2c4c(c1C3(C)C)CCC[N+]=4CCC2. The van der Waals surface area contributed by atoms with Gasteiger partial charge in [-0.2, -0.15) is 13.6 Å². The minimum atomic E-state index is -5.78. The third-order valence-electron chi connectivity index (χ3n) is 15.8. The Balaban J connectivity index is 0.887. The van der Waals surface area contributed by atoms with Gasteiger partial charge in [0.2, 0.25) is 11.3 Å². The van der Waals surface area contributed by atoms with Crippen molar-refractivity contribution < 1.29 is 65.8 Å². The number of ether oxygens (including phenoxy) is 1. The fraction of sp³-hybridized carbons (Fsp3) is 0.500. The van der Waals surface area contributed by atoms with Crippen LogP contribution in [0.15, 0.2) is 53.5 Å². The number of nitrogens with two attached hydrogens (primary N) is 1. The number of hydrogen-bond donors (Lipinski definition) is 7. The molecule has 1 saturated heterocycles. The van der Waals surface area contributed by atoms with Crippen LogP contribution < -0.4 is 36.8 Å². The second kappa shape index (κ2) is 22.2.